The van der Waals surface area contributed by atoms with Gasteiger partial charge in [0.25, 0.3) is 6.43 Å². The van der Waals surface area contributed by atoms with Crippen LogP contribution in [0.25, 0.3) is 0 Å². The number of aliphatic hydroxyl groups is 1. The summed E-state index contributed by atoms with van der Waals surface area (Å²) in [5, 5.41) is 20.6. The molecule has 0 aromatic carbocycles. The lowest BCUT2D eigenvalue weighted by atomic mass is 9.87. The smallest absolute Gasteiger partial charge is 0.415 e. The maximum atomic E-state index is 13.3. The number of ether oxygens (including phenoxy) is 1. The minimum absolute atomic E-state index is 0.0869. The van der Waals surface area contributed by atoms with Crippen molar-refractivity contribution in [2.24, 2.45) is 11.0 Å². The van der Waals surface area contributed by atoms with E-state index in [1.807, 2.05) is 0 Å². The molecule has 0 aromatic rings. The molecule has 0 spiro atoms. The van der Waals surface area contributed by atoms with Gasteiger partial charge >= 0.3 is 6.09 Å². The third-order valence-electron chi connectivity index (χ3n) is 3.92. The summed E-state index contributed by atoms with van der Waals surface area (Å²) in [6.45, 7) is 5.07. The van der Waals surface area contributed by atoms with Crippen molar-refractivity contribution in [1.82, 2.24) is 10.3 Å². The Labute approximate surface area is 146 Å². The Morgan fingerprint density at radius 2 is 1.92 bits per heavy atom. The number of carbonyl (C=O) groups excluding carboxylic acids is 1. The number of hydrogen-bond acceptors (Lipinski definition) is 6. The van der Waals surface area contributed by atoms with E-state index >= 15 is 0 Å². The fourth-order valence-corrected chi connectivity index (χ4v) is 2.43. The zero-order valence-electron chi connectivity index (χ0n) is 15.2. The van der Waals surface area contributed by atoms with Crippen molar-refractivity contribution in [1.29, 1.82) is 5.41 Å². The van der Waals surface area contributed by atoms with Crippen LogP contribution in [-0.2, 0) is 4.74 Å². The van der Waals surface area contributed by atoms with Crippen LogP contribution in [0.2, 0.25) is 0 Å². The first-order chi connectivity index (χ1) is 11.5. The van der Waals surface area contributed by atoms with E-state index in [0.29, 0.717) is 17.7 Å². The van der Waals surface area contributed by atoms with E-state index in [1.165, 1.54) is 7.05 Å². The summed E-state index contributed by atoms with van der Waals surface area (Å²) in [7, 11) is 1.20. The molecule has 1 aliphatic carbocycles. The van der Waals surface area contributed by atoms with Gasteiger partial charge in [0, 0.05) is 19.7 Å². The van der Waals surface area contributed by atoms with Crippen LogP contribution in [0.15, 0.2) is 5.10 Å². The zero-order valence-corrected chi connectivity index (χ0v) is 15.2. The Morgan fingerprint density at radius 3 is 2.36 bits per heavy atom. The number of hydrazone groups is 1. The quantitative estimate of drug-likeness (QED) is 0.398. The Kier molecular flexibility index (Phi) is 7.72. The highest BCUT2D eigenvalue weighted by Crippen LogP contribution is 2.23. The number of hydrogen-bond donors (Lipinski definition) is 3. The lowest BCUT2D eigenvalue weighted by Crippen LogP contribution is -2.44. The third-order valence-corrected chi connectivity index (χ3v) is 3.92. The summed E-state index contributed by atoms with van der Waals surface area (Å²) in [6.07, 6.45) is -0.889. The van der Waals surface area contributed by atoms with E-state index in [1.54, 1.807) is 20.8 Å². The van der Waals surface area contributed by atoms with Crippen molar-refractivity contribution in [3.05, 3.63) is 0 Å². The summed E-state index contributed by atoms with van der Waals surface area (Å²) in [4.78, 5) is 12.6. The first-order valence-corrected chi connectivity index (χ1v) is 8.33. The molecular weight excluding hydrogens is 334 g/mol. The molecule has 25 heavy (non-hydrogen) atoms. The Balaban J connectivity index is 2.71. The van der Waals surface area contributed by atoms with Gasteiger partial charge in [-0.2, -0.15) is 5.10 Å². The van der Waals surface area contributed by atoms with E-state index < -0.39 is 29.7 Å². The van der Waals surface area contributed by atoms with Gasteiger partial charge in [0.05, 0.1) is 0 Å². The largest absolute Gasteiger partial charge is 0.443 e. The van der Waals surface area contributed by atoms with Crippen LogP contribution in [0.5, 0.6) is 0 Å². The number of amidine groups is 1. The molecule has 0 unspecified atom stereocenters. The van der Waals surface area contributed by atoms with Gasteiger partial charge in [0.15, 0.2) is 11.5 Å². The first kappa shape index (κ1) is 21.3. The van der Waals surface area contributed by atoms with Crippen molar-refractivity contribution in [2.75, 3.05) is 13.7 Å². The molecule has 1 rings (SSSR count). The Bertz CT molecular complexity index is 498. The SMILES string of the molecule is CN(C(=N)/C(=N\NC1CCC(CO)CC1)C(F)F)C(=O)OC(C)(C)C. The molecular formula is C16H28F2N4O3. The number of rotatable bonds is 5. The van der Waals surface area contributed by atoms with Crippen LogP contribution >= 0.6 is 0 Å². The van der Waals surface area contributed by atoms with Crippen molar-refractivity contribution in [3.63, 3.8) is 0 Å². The summed E-state index contributed by atoms with van der Waals surface area (Å²) in [5.74, 6) is -0.464. The number of aliphatic hydroxyl groups excluding tert-OH is 1. The second-order valence-electron chi connectivity index (χ2n) is 7.22. The first-order valence-electron chi connectivity index (χ1n) is 8.33. The number of nitrogens with one attached hydrogen (secondary N) is 2. The standard InChI is InChI=1S/C16H28F2N4O3/c1-16(2,3)25-15(24)22(4)14(19)12(13(17)18)21-20-11-7-5-10(9-23)6-8-11/h10-11,13,19-20,23H,5-9H2,1-4H3/b19-14?,21-12-. The van der Waals surface area contributed by atoms with Crippen LogP contribution in [0.4, 0.5) is 13.6 Å². The fourth-order valence-electron chi connectivity index (χ4n) is 2.43. The lowest BCUT2D eigenvalue weighted by molar-refractivity contribution is 0.0403. The topological polar surface area (TPSA) is 98.0 Å². The van der Waals surface area contributed by atoms with Crippen LogP contribution < -0.4 is 5.43 Å². The molecule has 1 fully saturated rings. The third kappa shape index (κ3) is 6.93. The van der Waals surface area contributed by atoms with Gasteiger partial charge in [-0.25, -0.2) is 13.6 Å². The number of halogens is 2. The number of alkyl halides is 2. The Hall–Kier alpha value is -1.77. The molecule has 1 saturated carbocycles. The van der Waals surface area contributed by atoms with Gasteiger partial charge in [-0.15, -0.1) is 0 Å². The van der Waals surface area contributed by atoms with Gasteiger partial charge in [-0.3, -0.25) is 10.3 Å². The van der Waals surface area contributed by atoms with Crippen molar-refractivity contribution < 1.29 is 23.4 Å². The molecule has 0 saturated heterocycles. The number of nitrogens with zero attached hydrogens (tertiary/aromatic N) is 2. The molecule has 7 nitrogen and oxygen atoms in total. The predicted octanol–water partition coefficient (Wildman–Crippen LogP) is 2.59. The molecule has 0 aliphatic heterocycles. The normalized spacial score (nSPS) is 21.8. The second kappa shape index (κ2) is 9.07. The van der Waals surface area contributed by atoms with Crippen molar-refractivity contribution in [3.8, 4) is 0 Å². The van der Waals surface area contributed by atoms with Crippen LogP contribution in [0.1, 0.15) is 46.5 Å². The maximum Gasteiger partial charge on any atom is 0.415 e. The van der Waals surface area contributed by atoms with Crippen LogP contribution in [0.3, 0.4) is 0 Å². The molecule has 144 valence electrons. The van der Waals surface area contributed by atoms with E-state index in [0.717, 1.165) is 12.8 Å². The van der Waals surface area contributed by atoms with Crippen LogP contribution in [0, 0.1) is 11.3 Å². The van der Waals surface area contributed by atoms with Gasteiger partial charge in [0.2, 0.25) is 0 Å². The van der Waals surface area contributed by atoms with Gasteiger partial charge in [0.1, 0.15) is 5.60 Å². The highest BCUT2D eigenvalue weighted by Gasteiger charge is 2.29. The highest BCUT2D eigenvalue weighted by atomic mass is 19.3. The number of amides is 1. The van der Waals surface area contributed by atoms with Crippen molar-refractivity contribution >= 4 is 17.6 Å². The zero-order chi connectivity index (χ0) is 19.2. The minimum atomic E-state index is -3.00. The predicted molar refractivity (Wildman–Crippen MR) is 91.1 cm³/mol. The average molecular weight is 362 g/mol. The summed E-state index contributed by atoms with van der Waals surface area (Å²) >= 11 is 0. The van der Waals surface area contributed by atoms with Gasteiger partial charge in [-0.05, 0) is 52.4 Å². The van der Waals surface area contributed by atoms with Crippen molar-refractivity contribution in [2.45, 2.75) is 64.5 Å². The van der Waals surface area contributed by atoms with E-state index in [2.05, 4.69) is 10.5 Å². The van der Waals surface area contributed by atoms with E-state index in [4.69, 9.17) is 15.3 Å². The highest BCUT2D eigenvalue weighted by molar-refractivity contribution is 6.43. The molecule has 0 radical (unpaired) electrons. The Morgan fingerprint density at radius 1 is 1.36 bits per heavy atom. The summed E-state index contributed by atoms with van der Waals surface area (Å²) < 4.78 is 31.6. The molecule has 9 heteroatoms. The molecule has 3 N–H and O–H groups in total. The molecule has 1 amide bonds. The molecule has 1 aliphatic rings. The summed E-state index contributed by atoms with van der Waals surface area (Å²) in [6, 6.07) is -0.0869. The molecule has 0 atom stereocenters. The molecule has 0 bridgehead atoms. The number of carbonyl (C=O) groups is 1. The summed E-state index contributed by atoms with van der Waals surface area (Å²) in [5.41, 5.74) is 1.08. The monoisotopic (exact) mass is 362 g/mol. The van der Waals surface area contributed by atoms with Gasteiger partial charge < -0.3 is 15.3 Å². The second-order valence-corrected chi connectivity index (χ2v) is 7.22. The van der Waals surface area contributed by atoms with E-state index in [9.17, 15) is 13.6 Å². The minimum Gasteiger partial charge on any atom is -0.443 e. The average Bonchev–Trinajstić information content (AvgIpc) is 2.52. The lowest BCUT2D eigenvalue weighted by Gasteiger charge is -2.28. The fraction of sp³-hybridized carbons (Fsp3) is 0.812. The maximum absolute atomic E-state index is 13.3. The van der Waals surface area contributed by atoms with E-state index in [-0.39, 0.29) is 18.6 Å². The molecule has 0 aromatic heterocycles. The molecule has 0 heterocycles. The van der Waals surface area contributed by atoms with Gasteiger partial charge in [-0.1, -0.05) is 0 Å². The van der Waals surface area contributed by atoms with Crippen LogP contribution in [-0.4, -0.2) is 59.4 Å².